The standard InChI is InChI=1S/C20H28N2O6/c1-13(19(24)22-20(25)21-15-6-4-5-7-15)28-18(23)9-8-14-10-16(26-2)12-17(11-14)27-3/h10-13,15H,4-9H2,1-3H3,(H2,21,22,24,25)/t13-/m1/s1. The van der Waals surface area contributed by atoms with Crippen LogP contribution in [-0.2, 0) is 20.7 Å². The van der Waals surface area contributed by atoms with Crippen molar-refractivity contribution in [3.63, 3.8) is 0 Å². The zero-order chi connectivity index (χ0) is 20.5. The molecule has 0 saturated heterocycles. The Kier molecular flexibility index (Phi) is 8.10. The van der Waals surface area contributed by atoms with Gasteiger partial charge in [0.1, 0.15) is 11.5 Å². The number of imide groups is 1. The first-order valence-electron chi connectivity index (χ1n) is 9.44. The fourth-order valence-corrected chi connectivity index (χ4v) is 3.07. The van der Waals surface area contributed by atoms with E-state index in [1.807, 2.05) is 0 Å². The number of hydrogen-bond acceptors (Lipinski definition) is 6. The van der Waals surface area contributed by atoms with Gasteiger partial charge in [0.15, 0.2) is 6.10 Å². The summed E-state index contributed by atoms with van der Waals surface area (Å²) in [5.41, 5.74) is 0.848. The van der Waals surface area contributed by atoms with E-state index in [1.54, 1.807) is 32.4 Å². The highest BCUT2D eigenvalue weighted by molar-refractivity contribution is 5.97. The zero-order valence-electron chi connectivity index (χ0n) is 16.6. The summed E-state index contributed by atoms with van der Waals surface area (Å²) in [4.78, 5) is 35.9. The average molecular weight is 392 g/mol. The van der Waals surface area contributed by atoms with Crippen LogP contribution in [0.1, 0.15) is 44.6 Å². The van der Waals surface area contributed by atoms with Gasteiger partial charge in [-0.1, -0.05) is 12.8 Å². The number of urea groups is 1. The predicted molar refractivity (Wildman–Crippen MR) is 102 cm³/mol. The van der Waals surface area contributed by atoms with Crippen LogP contribution in [0.2, 0.25) is 0 Å². The molecule has 154 valence electrons. The number of carbonyl (C=O) groups is 3. The van der Waals surface area contributed by atoms with Gasteiger partial charge in [-0.15, -0.1) is 0 Å². The molecule has 1 aliphatic rings. The van der Waals surface area contributed by atoms with Gasteiger partial charge >= 0.3 is 12.0 Å². The van der Waals surface area contributed by atoms with Crippen LogP contribution in [0.5, 0.6) is 11.5 Å². The summed E-state index contributed by atoms with van der Waals surface area (Å²) in [5.74, 6) is 0.0833. The first-order chi connectivity index (χ1) is 13.4. The van der Waals surface area contributed by atoms with E-state index in [2.05, 4.69) is 10.6 Å². The SMILES string of the molecule is COc1cc(CCC(=O)O[C@H](C)C(=O)NC(=O)NC2CCCC2)cc(OC)c1. The molecule has 0 aliphatic heterocycles. The third-order valence-electron chi connectivity index (χ3n) is 4.63. The largest absolute Gasteiger partial charge is 0.497 e. The summed E-state index contributed by atoms with van der Waals surface area (Å²) >= 11 is 0. The van der Waals surface area contributed by atoms with E-state index >= 15 is 0 Å². The fourth-order valence-electron chi connectivity index (χ4n) is 3.07. The number of benzene rings is 1. The number of ether oxygens (including phenoxy) is 3. The van der Waals surface area contributed by atoms with Crippen LogP contribution in [0.4, 0.5) is 4.79 Å². The molecule has 28 heavy (non-hydrogen) atoms. The molecule has 1 aliphatic carbocycles. The highest BCUT2D eigenvalue weighted by atomic mass is 16.5. The average Bonchev–Trinajstić information content (AvgIpc) is 3.18. The predicted octanol–water partition coefficient (Wildman–Crippen LogP) is 2.34. The smallest absolute Gasteiger partial charge is 0.321 e. The van der Waals surface area contributed by atoms with Gasteiger partial charge in [-0.05, 0) is 43.9 Å². The van der Waals surface area contributed by atoms with Crippen LogP contribution in [-0.4, -0.2) is 44.3 Å². The number of esters is 1. The molecule has 8 nitrogen and oxygen atoms in total. The third kappa shape index (κ3) is 6.75. The Morgan fingerprint density at radius 3 is 2.25 bits per heavy atom. The summed E-state index contributed by atoms with van der Waals surface area (Å²) in [6, 6.07) is 4.90. The number of aryl methyl sites for hydroxylation is 1. The minimum absolute atomic E-state index is 0.0855. The van der Waals surface area contributed by atoms with E-state index in [0.717, 1.165) is 31.2 Å². The number of rotatable bonds is 8. The van der Waals surface area contributed by atoms with Gasteiger partial charge in [0.2, 0.25) is 0 Å². The van der Waals surface area contributed by atoms with Crippen molar-refractivity contribution in [2.75, 3.05) is 14.2 Å². The van der Waals surface area contributed by atoms with Crippen LogP contribution in [0.15, 0.2) is 18.2 Å². The number of amides is 3. The molecular formula is C20H28N2O6. The lowest BCUT2D eigenvalue weighted by Crippen LogP contribution is -2.47. The van der Waals surface area contributed by atoms with Crippen molar-refractivity contribution < 1.29 is 28.6 Å². The molecule has 1 aromatic carbocycles. The lowest BCUT2D eigenvalue weighted by atomic mass is 10.1. The fraction of sp³-hybridized carbons (Fsp3) is 0.550. The van der Waals surface area contributed by atoms with Crippen molar-refractivity contribution in [3.8, 4) is 11.5 Å². The molecule has 0 aromatic heterocycles. The lowest BCUT2D eigenvalue weighted by Gasteiger charge is -2.15. The maximum absolute atomic E-state index is 12.0. The molecule has 0 unspecified atom stereocenters. The second-order valence-electron chi connectivity index (χ2n) is 6.80. The second-order valence-corrected chi connectivity index (χ2v) is 6.80. The van der Waals surface area contributed by atoms with Crippen molar-refractivity contribution in [1.82, 2.24) is 10.6 Å². The van der Waals surface area contributed by atoms with Crippen LogP contribution in [0.3, 0.4) is 0 Å². The number of carbonyl (C=O) groups excluding carboxylic acids is 3. The quantitative estimate of drug-likeness (QED) is 0.658. The number of methoxy groups -OCH3 is 2. The van der Waals surface area contributed by atoms with E-state index in [1.165, 1.54) is 6.92 Å². The monoisotopic (exact) mass is 392 g/mol. The molecule has 1 aromatic rings. The molecule has 1 atom stereocenters. The molecule has 0 heterocycles. The van der Waals surface area contributed by atoms with Gasteiger partial charge < -0.3 is 19.5 Å². The van der Waals surface area contributed by atoms with E-state index in [4.69, 9.17) is 14.2 Å². The van der Waals surface area contributed by atoms with Gasteiger partial charge in [0, 0.05) is 18.5 Å². The minimum atomic E-state index is -1.05. The van der Waals surface area contributed by atoms with Crippen LogP contribution in [0.25, 0.3) is 0 Å². The van der Waals surface area contributed by atoms with Gasteiger partial charge in [-0.3, -0.25) is 14.9 Å². The first kappa shape index (κ1) is 21.5. The summed E-state index contributed by atoms with van der Waals surface area (Å²) < 4.78 is 15.5. The molecule has 3 amide bonds. The highest BCUT2D eigenvalue weighted by Crippen LogP contribution is 2.23. The Morgan fingerprint density at radius 1 is 1.07 bits per heavy atom. The molecule has 1 fully saturated rings. The molecule has 0 bridgehead atoms. The zero-order valence-corrected chi connectivity index (χ0v) is 16.6. The molecule has 2 rings (SSSR count). The van der Waals surface area contributed by atoms with Gasteiger partial charge in [0.25, 0.3) is 5.91 Å². The van der Waals surface area contributed by atoms with Crippen molar-refractivity contribution in [2.45, 2.75) is 57.6 Å². The Morgan fingerprint density at radius 2 is 1.68 bits per heavy atom. The van der Waals surface area contributed by atoms with Crippen molar-refractivity contribution in [3.05, 3.63) is 23.8 Å². The van der Waals surface area contributed by atoms with Crippen LogP contribution >= 0.6 is 0 Å². The topological polar surface area (TPSA) is 103 Å². The summed E-state index contributed by atoms with van der Waals surface area (Å²) in [6.07, 6.45) is 3.42. The molecule has 1 saturated carbocycles. The molecule has 8 heteroatoms. The van der Waals surface area contributed by atoms with Gasteiger partial charge in [0.05, 0.1) is 14.2 Å². The molecule has 0 spiro atoms. The number of hydrogen-bond donors (Lipinski definition) is 2. The summed E-state index contributed by atoms with van der Waals surface area (Å²) in [5, 5.41) is 4.97. The normalized spacial score (nSPS) is 14.8. The van der Waals surface area contributed by atoms with Gasteiger partial charge in [-0.25, -0.2) is 4.79 Å². The van der Waals surface area contributed by atoms with Crippen LogP contribution in [0, 0.1) is 0 Å². The number of nitrogens with one attached hydrogen (secondary N) is 2. The summed E-state index contributed by atoms with van der Waals surface area (Å²) in [7, 11) is 3.10. The highest BCUT2D eigenvalue weighted by Gasteiger charge is 2.22. The van der Waals surface area contributed by atoms with Crippen molar-refractivity contribution >= 4 is 17.9 Å². The third-order valence-corrected chi connectivity index (χ3v) is 4.63. The summed E-state index contributed by atoms with van der Waals surface area (Å²) in [6.45, 7) is 1.44. The van der Waals surface area contributed by atoms with Gasteiger partial charge in [-0.2, -0.15) is 0 Å². The molecule has 0 radical (unpaired) electrons. The Bertz CT molecular complexity index is 678. The first-order valence-corrected chi connectivity index (χ1v) is 9.44. The van der Waals surface area contributed by atoms with E-state index < -0.39 is 24.0 Å². The second kappa shape index (κ2) is 10.5. The lowest BCUT2D eigenvalue weighted by molar-refractivity contribution is -0.154. The Balaban J connectivity index is 1.76. The maximum Gasteiger partial charge on any atom is 0.321 e. The van der Waals surface area contributed by atoms with Crippen molar-refractivity contribution in [1.29, 1.82) is 0 Å². The van der Waals surface area contributed by atoms with E-state index in [0.29, 0.717) is 17.9 Å². The molecular weight excluding hydrogens is 364 g/mol. The van der Waals surface area contributed by atoms with Crippen molar-refractivity contribution in [2.24, 2.45) is 0 Å². The molecule has 2 N–H and O–H groups in total. The van der Waals surface area contributed by atoms with E-state index in [9.17, 15) is 14.4 Å². The Hall–Kier alpha value is -2.77. The van der Waals surface area contributed by atoms with Crippen LogP contribution < -0.4 is 20.1 Å². The minimum Gasteiger partial charge on any atom is -0.497 e. The maximum atomic E-state index is 12.0. The Labute approximate surface area is 164 Å². The van der Waals surface area contributed by atoms with E-state index in [-0.39, 0.29) is 12.5 Å².